The van der Waals surface area contributed by atoms with Gasteiger partial charge in [-0.1, -0.05) is 0 Å². The first-order valence-electron chi connectivity index (χ1n) is 6.37. The number of amides is 1. The highest BCUT2D eigenvalue weighted by Crippen LogP contribution is 2.41. The van der Waals surface area contributed by atoms with Gasteiger partial charge in [0.15, 0.2) is 0 Å². The Morgan fingerprint density at radius 1 is 1.30 bits per heavy atom. The molecule has 0 spiro atoms. The van der Waals surface area contributed by atoms with Crippen molar-refractivity contribution in [2.75, 3.05) is 11.9 Å². The van der Waals surface area contributed by atoms with Crippen LogP contribution in [0.15, 0.2) is 35.2 Å². The van der Waals surface area contributed by atoms with E-state index in [4.69, 9.17) is 0 Å². The molecule has 0 N–H and O–H groups in total. The first kappa shape index (κ1) is 13.2. The van der Waals surface area contributed by atoms with Gasteiger partial charge in [0.1, 0.15) is 0 Å². The predicted molar refractivity (Wildman–Crippen MR) is 78.7 cm³/mol. The van der Waals surface area contributed by atoms with E-state index in [1.165, 1.54) is 4.90 Å². The summed E-state index contributed by atoms with van der Waals surface area (Å²) in [6, 6.07) is 3.54. The van der Waals surface area contributed by atoms with E-state index >= 15 is 0 Å². The van der Waals surface area contributed by atoms with Crippen LogP contribution < -0.4 is 4.90 Å². The Kier molecular flexibility index (Phi) is 3.48. The summed E-state index contributed by atoms with van der Waals surface area (Å²) < 4.78 is 0.799. The molecule has 1 fully saturated rings. The van der Waals surface area contributed by atoms with Crippen molar-refractivity contribution in [3.8, 4) is 0 Å². The zero-order valence-corrected chi connectivity index (χ0v) is 12.5. The number of aromatic nitrogens is 3. The first-order chi connectivity index (χ1) is 9.66. The number of rotatable bonds is 3. The molecule has 1 saturated carbocycles. The number of pyridine rings is 1. The third-order valence-corrected chi connectivity index (χ3v) is 3.67. The van der Waals surface area contributed by atoms with Gasteiger partial charge >= 0.3 is 0 Å². The van der Waals surface area contributed by atoms with Crippen LogP contribution in [-0.4, -0.2) is 27.9 Å². The maximum absolute atomic E-state index is 12.6. The molecule has 2 aromatic rings. The lowest BCUT2D eigenvalue weighted by molar-refractivity contribution is 0.0990. The number of carbonyl (C=O) groups is 1. The molecule has 0 atom stereocenters. The van der Waals surface area contributed by atoms with Crippen LogP contribution in [0.3, 0.4) is 0 Å². The summed E-state index contributed by atoms with van der Waals surface area (Å²) in [5.74, 6) is 0.665. The van der Waals surface area contributed by atoms with Gasteiger partial charge in [0.25, 0.3) is 5.91 Å². The zero-order valence-electron chi connectivity index (χ0n) is 11.0. The molecule has 5 nitrogen and oxygen atoms in total. The highest BCUT2D eigenvalue weighted by atomic mass is 79.9. The van der Waals surface area contributed by atoms with E-state index in [2.05, 4.69) is 30.9 Å². The van der Waals surface area contributed by atoms with Crippen LogP contribution in [0.4, 0.5) is 5.95 Å². The molecule has 0 unspecified atom stereocenters. The Hall–Kier alpha value is -1.82. The largest absolute Gasteiger partial charge is 0.280 e. The zero-order chi connectivity index (χ0) is 14.1. The van der Waals surface area contributed by atoms with Crippen molar-refractivity contribution in [2.24, 2.45) is 0 Å². The first-order valence-corrected chi connectivity index (χ1v) is 7.16. The molecule has 1 amide bonds. The van der Waals surface area contributed by atoms with E-state index in [0.29, 0.717) is 17.4 Å². The van der Waals surface area contributed by atoms with Crippen LogP contribution in [0.1, 0.15) is 34.8 Å². The SMILES string of the molecule is CN(C(=O)c1cc(Br)cnc1C1CC1)c1ncccn1. The molecule has 102 valence electrons. The van der Waals surface area contributed by atoms with Crippen LogP contribution >= 0.6 is 15.9 Å². The van der Waals surface area contributed by atoms with Gasteiger partial charge in [0, 0.05) is 36.0 Å². The number of anilines is 1. The molecule has 2 aromatic heterocycles. The highest BCUT2D eigenvalue weighted by molar-refractivity contribution is 9.10. The lowest BCUT2D eigenvalue weighted by Crippen LogP contribution is -2.29. The maximum Gasteiger partial charge on any atom is 0.262 e. The molecule has 1 aliphatic rings. The van der Waals surface area contributed by atoms with Crippen molar-refractivity contribution in [1.29, 1.82) is 0 Å². The molecule has 0 aliphatic heterocycles. The van der Waals surface area contributed by atoms with E-state index in [1.54, 1.807) is 31.7 Å². The van der Waals surface area contributed by atoms with Crippen molar-refractivity contribution < 1.29 is 4.79 Å². The average molecular weight is 333 g/mol. The summed E-state index contributed by atoms with van der Waals surface area (Å²) in [7, 11) is 1.68. The van der Waals surface area contributed by atoms with Crippen molar-refractivity contribution >= 4 is 27.8 Å². The molecular formula is C14H13BrN4O. The van der Waals surface area contributed by atoms with Crippen molar-refractivity contribution in [1.82, 2.24) is 15.0 Å². The fourth-order valence-electron chi connectivity index (χ4n) is 2.04. The second-order valence-corrected chi connectivity index (χ2v) is 5.69. The second kappa shape index (κ2) is 5.28. The minimum Gasteiger partial charge on any atom is -0.280 e. The minimum atomic E-state index is -0.133. The van der Waals surface area contributed by atoms with E-state index < -0.39 is 0 Å². The number of carbonyl (C=O) groups excluding carboxylic acids is 1. The molecule has 6 heteroatoms. The monoisotopic (exact) mass is 332 g/mol. The summed E-state index contributed by atoms with van der Waals surface area (Å²) in [4.78, 5) is 26.7. The smallest absolute Gasteiger partial charge is 0.262 e. The molecule has 0 radical (unpaired) electrons. The summed E-state index contributed by atoms with van der Waals surface area (Å²) >= 11 is 3.38. The van der Waals surface area contributed by atoms with Gasteiger partial charge in [-0.15, -0.1) is 0 Å². The Bertz CT molecular complexity index is 643. The quantitative estimate of drug-likeness (QED) is 0.867. The lowest BCUT2D eigenvalue weighted by Gasteiger charge is -2.16. The van der Waals surface area contributed by atoms with Gasteiger partial charge in [-0.2, -0.15) is 0 Å². The third kappa shape index (κ3) is 2.56. The van der Waals surface area contributed by atoms with Crippen molar-refractivity contribution in [3.63, 3.8) is 0 Å². The molecule has 2 heterocycles. The summed E-state index contributed by atoms with van der Waals surface area (Å²) in [6.07, 6.45) is 7.17. The van der Waals surface area contributed by atoms with Crippen LogP contribution in [0.25, 0.3) is 0 Å². The Balaban J connectivity index is 1.96. The van der Waals surface area contributed by atoms with Crippen molar-refractivity contribution in [2.45, 2.75) is 18.8 Å². The lowest BCUT2D eigenvalue weighted by atomic mass is 10.1. The van der Waals surface area contributed by atoms with Crippen LogP contribution in [-0.2, 0) is 0 Å². The minimum absolute atomic E-state index is 0.133. The van der Waals surface area contributed by atoms with Gasteiger partial charge < -0.3 is 0 Å². The summed E-state index contributed by atoms with van der Waals surface area (Å²) in [5.41, 5.74) is 1.50. The summed E-state index contributed by atoms with van der Waals surface area (Å²) in [5, 5.41) is 0. The van der Waals surface area contributed by atoms with E-state index in [9.17, 15) is 4.79 Å². The molecule has 3 rings (SSSR count). The number of halogens is 1. The van der Waals surface area contributed by atoms with Gasteiger partial charge in [-0.3, -0.25) is 14.7 Å². The molecule has 0 saturated heterocycles. The maximum atomic E-state index is 12.6. The van der Waals surface area contributed by atoms with Crippen molar-refractivity contribution in [3.05, 3.63) is 46.5 Å². The second-order valence-electron chi connectivity index (χ2n) is 4.77. The number of hydrogen-bond donors (Lipinski definition) is 0. The van der Waals surface area contributed by atoms with Crippen LogP contribution in [0.5, 0.6) is 0 Å². The fourth-order valence-corrected chi connectivity index (χ4v) is 2.37. The van der Waals surface area contributed by atoms with E-state index in [1.807, 2.05) is 6.07 Å². The molecule has 0 bridgehead atoms. The normalized spacial score (nSPS) is 14.1. The third-order valence-electron chi connectivity index (χ3n) is 3.24. The standard InChI is InChI=1S/C14H13BrN4O/c1-19(14-16-5-2-6-17-14)13(20)11-7-10(15)8-18-12(11)9-3-4-9/h2,5-9H,3-4H2,1H3. The average Bonchev–Trinajstić information content (AvgIpc) is 3.31. The van der Waals surface area contributed by atoms with Gasteiger partial charge in [-0.05, 0) is 40.9 Å². The predicted octanol–water partition coefficient (Wildman–Crippen LogP) is 2.79. The molecular weight excluding hydrogens is 320 g/mol. The van der Waals surface area contributed by atoms with Gasteiger partial charge in [0.2, 0.25) is 5.95 Å². The van der Waals surface area contributed by atoms with Crippen LogP contribution in [0, 0.1) is 0 Å². The highest BCUT2D eigenvalue weighted by Gasteiger charge is 2.31. The number of nitrogens with zero attached hydrogens (tertiary/aromatic N) is 4. The summed E-state index contributed by atoms with van der Waals surface area (Å²) in [6.45, 7) is 0. The molecule has 20 heavy (non-hydrogen) atoms. The van der Waals surface area contributed by atoms with E-state index in [-0.39, 0.29) is 5.91 Å². The Morgan fingerprint density at radius 2 is 2.00 bits per heavy atom. The topological polar surface area (TPSA) is 59.0 Å². The molecule has 1 aliphatic carbocycles. The fraction of sp³-hybridized carbons (Fsp3) is 0.286. The van der Waals surface area contributed by atoms with Crippen LogP contribution in [0.2, 0.25) is 0 Å². The Labute approximate surface area is 125 Å². The molecule has 0 aromatic carbocycles. The van der Waals surface area contributed by atoms with E-state index in [0.717, 1.165) is 23.0 Å². The Morgan fingerprint density at radius 3 is 2.65 bits per heavy atom. The van der Waals surface area contributed by atoms with Gasteiger partial charge in [-0.25, -0.2) is 9.97 Å². The van der Waals surface area contributed by atoms with Gasteiger partial charge in [0.05, 0.1) is 11.3 Å². The number of hydrogen-bond acceptors (Lipinski definition) is 4.